The van der Waals surface area contributed by atoms with Gasteiger partial charge in [0.15, 0.2) is 10.8 Å². The number of hydrogen-bond donors (Lipinski definition) is 2. The van der Waals surface area contributed by atoms with Gasteiger partial charge in [-0.1, -0.05) is 23.2 Å². The maximum atomic E-state index is 14.2. The van der Waals surface area contributed by atoms with Gasteiger partial charge in [0.05, 0.1) is 40.2 Å². The molecule has 1 aliphatic carbocycles. The van der Waals surface area contributed by atoms with Crippen LogP contribution in [-0.2, 0) is 10.2 Å². The molecule has 0 radical (unpaired) electrons. The molecule has 2 aliphatic rings. The third kappa shape index (κ3) is 4.33. The average Bonchev–Trinajstić information content (AvgIpc) is 3.51. The summed E-state index contributed by atoms with van der Waals surface area (Å²) in [4.78, 5) is 17.9. The van der Waals surface area contributed by atoms with E-state index in [9.17, 15) is 18.3 Å². The van der Waals surface area contributed by atoms with Gasteiger partial charge in [-0.15, -0.1) is 0 Å². The van der Waals surface area contributed by atoms with Gasteiger partial charge in [0, 0.05) is 12.6 Å². The van der Waals surface area contributed by atoms with Crippen molar-refractivity contribution in [2.45, 2.75) is 37.5 Å². The summed E-state index contributed by atoms with van der Waals surface area (Å²) >= 11 is 12.3. The number of fused-ring (bicyclic) bond motifs is 3. The summed E-state index contributed by atoms with van der Waals surface area (Å²) in [5, 5.41) is 14.6. The van der Waals surface area contributed by atoms with Crippen molar-refractivity contribution >= 4 is 47.0 Å². The molecular weight excluding hydrogens is 496 g/mol. The van der Waals surface area contributed by atoms with Gasteiger partial charge in [-0.3, -0.25) is 4.98 Å². The third-order valence-electron chi connectivity index (χ3n) is 5.86. The molecule has 1 aliphatic heterocycles. The van der Waals surface area contributed by atoms with E-state index in [4.69, 9.17) is 28.0 Å². The number of anilines is 2. The highest BCUT2D eigenvalue weighted by molar-refractivity contribution is 6.31. The molecule has 0 aromatic carbocycles. The van der Waals surface area contributed by atoms with Crippen LogP contribution in [0, 0.1) is 5.92 Å². The van der Waals surface area contributed by atoms with Crippen LogP contribution in [0.2, 0.25) is 10.2 Å². The second-order valence-electron chi connectivity index (χ2n) is 7.99. The van der Waals surface area contributed by atoms with Crippen LogP contribution in [0.5, 0.6) is 0 Å². The van der Waals surface area contributed by atoms with Crippen LogP contribution in [0.25, 0.3) is 5.65 Å². The molecule has 0 spiro atoms. The van der Waals surface area contributed by atoms with Gasteiger partial charge < -0.3 is 20.5 Å². The van der Waals surface area contributed by atoms with E-state index in [0.29, 0.717) is 11.4 Å². The number of pyridine rings is 1. The van der Waals surface area contributed by atoms with Gasteiger partial charge in [0.25, 0.3) is 0 Å². The lowest BCUT2D eigenvalue weighted by Crippen LogP contribution is -2.43. The molecule has 0 saturated heterocycles. The lowest BCUT2D eigenvalue weighted by atomic mass is 9.87. The fourth-order valence-electron chi connectivity index (χ4n) is 3.98. The molecule has 5 rings (SSSR count). The number of hydrogen-bond acceptors (Lipinski definition) is 7. The minimum Gasteiger partial charge on any atom is -0.386 e. The second-order valence-corrected chi connectivity index (χ2v) is 8.78. The molecule has 13 heteroatoms. The highest BCUT2D eigenvalue weighted by Crippen LogP contribution is 2.52. The molecule has 8 nitrogen and oxygen atoms in total. The number of nitrogens with zero attached hydrogens (tertiary/aromatic N) is 5. The predicted molar refractivity (Wildman–Crippen MR) is 123 cm³/mol. The molecular formula is C21H23Cl2F3N6O2. The molecule has 34 heavy (non-hydrogen) atoms. The number of halogens is 5. The van der Waals surface area contributed by atoms with E-state index in [-0.39, 0.29) is 33.1 Å². The Kier molecular flexibility index (Phi) is 7.42. The van der Waals surface area contributed by atoms with Crippen molar-refractivity contribution in [2.24, 2.45) is 11.7 Å². The number of rotatable bonds is 3. The first-order chi connectivity index (χ1) is 16.1. The summed E-state index contributed by atoms with van der Waals surface area (Å²) in [6.45, 7) is 2.73. The zero-order chi connectivity index (χ0) is 25.4. The molecule has 3 N–H and O–H groups in total. The Bertz CT molecular complexity index is 1190. The first-order valence-corrected chi connectivity index (χ1v) is 10.9. The Labute approximate surface area is 203 Å². The van der Waals surface area contributed by atoms with E-state index >= 15 is 0 Å². The van der Waals surface area contributed by atoms with E-state index in [1.807, 2.05) is 6.79 Å². The Balaban J connectivity index is 0.000000771. The Morgan fingerprint density at radius 3 is 2.41 bits per heavy atom. The highest BCUT2D eigenvalue weighted by atomic mass is 35.5. The summed E-state index contributed by atoms with van der Waals surface area (Å²) in [5.41, 5.74) is 3.42. The van der Waals surface area contributed by atoms with Crippen LogP contribution in [-0.4, -0.2) is 51.2 Å². The van der Waals surface area contributed by atoms with E-state index in [2.05, 4.69) is 20.8 Å². The van der Waals surface area contributed by atoms with Crippen molar-refractivity contribution in [1.82, 2.24) is 19.6 Å². The molecule has 184 valence electrons. The first-order valence-electron chi connectivity index (χ1n) is 10.2. The topological polar surface area (TPSA) is 110 Å². The molecule has 1 unspecified atom stereocenters. The van der Waals surface area contributed by atoms with Crippen molar-refractivity contribution in [3.8, 4) is 0 Å². The first kappa shape index (κ1) is 26.1. The van der Waals surface area contributed by atoms with E-state index in [1.54, 1.807) is 0 Å². The van der Waals surface area contributed by atoms with Crippen molar-refractivity contribution in [2.75, 3.05) is 18.5 Å². The maximum Gasteiger partial charge on any atom is 0.401 e. The summed E-state index contributed by atoms with van der Waals surface area (Å²) < 4.78 is 43.7. The molecule has 2 atom stereocenters. The Morgan fingerprint density at radius 1 is 1.21 bits per heavy atom. The molecule has 3 aromatic heterocycles. The van der Waals surface area contributed by atoms with Gasteiger partial charge >= 0.3 is 6.18 Å². The number of nitrogens with two attached hydrogens (primary N) is 1. The number of aliphatic hydroxyl groups excluding tert-OH is 1. The van der Waals surface area contributed by atoms with Crippen molar-refractivity contribution < 1.29 is 23.1 Å². The fraction of sp³-hybridized carbons (Fsp3) is 0.429. The van der Waals surface area contributed by atoms with Crippen LogP contribution in [0.4, 0.5) is 24.5 Å². The number of alkyl halides is 3. The number of aromatic nitrogens is 4. The minimum absolute atomic E-state index is 0.0508. The smallest absolute Gasteiger partial charge is 0.386 e. The third-order valence-corrected chi connectivity index (χ3v) is 6.35. The molecule has 0 amide bonds. The Morgan fingerprint density at radius 2 is 1.85 bits per heavy atom. The predicted octanol–water partition coefficient (Wildman–Crippen LogP) is 4.24. The lowest BCUT2D eigenvalue weighted by Gasteiger charge is -2.28. The van der Waals surface area contributed by atoms with Crippen LogP contribution in [0.1, 0.15) is 37.3 Å². The lowest BCUT2D eigenvalue weighted by molar-refractivity contribution is -0.181. The van der Waals surface area contributed by atoms with E-state index < -0.39 is 24.2 Å². The standard InChI is InChI=1S/C19H16Cl2F3N5O.CH5N.CH2O/c1-18(19(22,23)24)8-28(12-7-25-14-5-13(21)27-29(14)17(12)18)10-4-11(20)15(26-6-10)16(30)9-2-3-9;2*1-2/h4-7,9,16,30H,2-3,8H2,1H3;2H2,1H3;1H2/t16?,18-;;/m1../s1. The summed E-state index contributed by atoms with van der Waals surface area (Å²) in [6, 6.07) is 2.94. The Hall–Kier alpha value is -2.47. The summed E-state index contributed by atoms with van der Waals surface area (Å²) in [6.07, 6.45) is -0.718. The normalized spacial score (nSPS) is 20.2. The quantitative estimate of drug-likeness (QED) is 0.533. The molecule has 1 fully saturated rings. The fourth-order valence-corrected chi connectivity index (χ4v) is 4.43. The van der Waals surface area contributed by atoms with Gasteiger partial charge in [0.1, 0.15) is 18.3 Å². The SMILES string of the molecule is C=O.CN.C[C@@]1(C(F)(F)F)CN(c2cnc(C(O)C3CC3)c(Cl)c2)c2cnc3cc(Cl)nn3c21. The number of aliphatic hydroxyl groups is 1. The molecule has 4 heterocycles. The highest BCUT2D eigenvalue weighted by Gasteiger charge is 2.60. The van der Waals surface area contributed by atoms with Gasteiger partial charge in [-0.2, -0.15) is 18.3 Å². The number of carbonyl (C=O) groups excluding carboxylic acids is 1. The monoisotopic (exact) mass is 518 g/mol. The van der Waals surface area contributed by atoms with Gasteiger partial charge in [0.2, 0.25) is 0 Å². The zero-order valence-corrected chi connectivity index (χ0v) is 19.9. The number of carbonyl (C=O) groups is 1. The van der Waals surface area contributed by atoms with Crippen LogP contribution in [0.15, 0.2) is 24.5 Å². The zero-order valence-electron chi connectivity index (χ0n) is 18.4. The second kappa shape index (κ2) is 9.65. The van der Waals surface area contributed by atoms with Gasteiger partial charge in [-0.25, -0.2) is 9.50 Å². The largest absolute Gasteiger partial charge is 0.401 e. The van der Waals surface area contributed by atoms with Crippen molar-refractivity contribution in [3.05, 3.63) is 46.1 Å². The minimum atomic E-state index is -4.55. The summed E-state index contributed by atoms with van der Waals surface area (Å²) in [7, 11) is 1.50. The maximum absolute atomic E-state index is 14.2. The molecule has 3 aromatic rings. The van der Waals surface area contributed by atoms with Crippen LogP contribution >= 0.6 is 23.2 Å². The van der Waals surface area contributed by atoms with E-state index in [0.717, 1.165) is 24.3 Å². The molecule has 1 saturated carbocycles. The molecule has 0 bridgehead atoms. The van der Waals surface area contributed by atoms with E-state index in [1.165, 1.54) is 36.5 Å². The van der Waals surface area contributed by atoms with Crippen LogP contribution in [0.3, 0.4) is 0 Å². The van der Waals surface area contributed by atoms with Crippen LogP contribution < -0.4 is 10.6 Å². The average molecular weight is 519 g/mol. The van der Waals surface area contributed by atoms with Gasteiger partial charge in [-0.05, 0) is 38.8 Å². The van der Waals surface area contributed by atoms with Crippen molar-refractivity contribution in [3.63, 3.8) is 0 Å². The van der Waals surface area contributed by atoms with Crippen molar-refractivity contribution in [1.29, 1.82) is 0 Å². The summed E-state index contributed by atoms with van der Waals surface area (Å²) in [5.74, 6) is 0.129.